The van der Waals surface area contributed by atoms with Crippen molar-refractivity contribution in [3.8, 4) is 0 Å². The molecule has 1 aliphatic carbocycles. The van der Waals surface area contributed by atoms with Gasteiger partial charge in [0, 0.05) is 49.9 Å². The predicted octanol–water partition coefficient (Wildman–Crippen LogP) is 4.10. The van der Waals surface area contributed by atoms with E-state index in [1.54, 1.807) is 0 Å². The summed E-state index contributed by atoms with van der Waals surface area (Å²) in [6, 6.07) is 10.5. The summed E-state index contributed by atoms with van der Waals surface area (Å²) in [5.74, 6) is 2.56. The molecule has 4 nitrogen and oxygen atoms in total. The molecule has 2 saturated heterocycles. The van der Waals surface area contributed by atoms with Crippen LogP contribution in [0.25, 0.3) is 10.9 Å². The Morgan fingerprint density at radius 1 is 1.00 bits per heavy atom. The largest absolute Gasteiger partial charge is 0.371 e. The summed E-state index contributed by atoms with van der Waals surface area (Å²) in [6.07, 6.45) is 8.95. The van der Waals surface area contributed by atoms with Crippen molar-refractivity contribution in [3.63, 3.8) is 0 Å². The molecule has 1 amide bonds. The molecule has 2 unspecified atom stereocenters. The highest BCUT2D eigenvalue weighted by Crippen LogP contribution is 2.38. The molecule has 3 heterocycles. The van der Waals surface area contributed by atoms with E-state index in [9.17, 15) is 4.79 Å². The number of rotatable bonds is 3. The van der Waals surface area contributed by atoms with E-state index in [1.165, 1.54) is 30.3 Å². The van der Waals surface area contributed by atoms with Crippen molar-refractivity contribution in [2.75, 3.05) is 31.1 Å². The molecule has 4 heteroatoms. The summed E-state index contributed by atoms with van der Waals surface area (Å²) in [5, 5.41) is 1.23. The Morgan fingerprint density at radius 3 is 2.52 bits per heavy atom. The minimum absolute atomic E-state index is 0.414. The van der Waals surface area contributed by atoms with Crippen LogP contribution in [0.5, 0.6) is 0 Å². The normalized spacial score (nSPS) is 25.9. The lowest BCUT2D eigenvalue weighted by molar-refractivity contribution is -0.131. The zero-order valence-corrected chi connectivity index (χ0v) is 16.0. The van der Waals surface area contributed by atoms with Crippen molar-refractivity contribution in [2.24, 2.45) is 17.8 Å². The van der Waals surface area contributed by atoms with Crippen molar-refractivity contribution in [1.29, 1.82) is 0 Å². The maximum absolute atomic E-state index is 12.8. The second-order valence-electron chi connectivity index (χ2n) is 8.73. The average molecular weight is 364 g/mol. The van der Waals surface area contributed by atoms with Crippen LogP contribution in [0.3, 0.4) is 0 Å². The minimum Gasteiger partial charge on any atom is -0.371 e. The molecule has 2 aliphatic heterocycles. The number of pyridine rings is 1. The van der Waals surface area contributed by atoms with Gasteiger partial charge in [-0.15, -0.1) is 0 Å². The van der Waals surface area contributed by atoms with Crippen LogP contribution in [0.4, 0.5) is 5.69 Å². The number of fused-ring (bicyclic) bond motifs is 2. The maximum atomic E-state index is 12.8. The molecule has 0 bridgehead atoms. The number of carbonyl (C=O) groups excluding carboxylic acids is 1. The zero-order chi connectivity index (χ0) is 18.2. The van der Waals surface area contributed by atoms with E-state index in [2.05, 4.69) is 39.0 Å². The third kappa shape index (κ3) is 3.30. The molecule has 27 heavy (non-hydrogen) atoms. The van der Waals surface area contributed by atoms with Crippen molar-refractivity contribution >= 4 is 22.5 Å². The summed E-state index contributed by atoms with van der Waals surface area (Å²) in [6.45, 7) is 4.14. The third-order valence-corrected chi connectivity index (χ3v) is 7.12. The topological polar surface area (TPSA) is 36.4 Å². The fourth-order valence-corrected chi connectivity index (χ4v) is 5.55. The third-order valence-electron chi connectivity index (χ3n) is 7.12. The number of amides is 1. The van der Waals surface area contributed by atoms with E-state index in [-0.39, 0.29) is 0 Å². The molecule has 1 aromatic carbocycles. The average Bonchev–Trinajstić information content (AvgIpc) is 3.30. The Morgan fingerprint density at radius 2 is 1.74 bits per heavy atom. The van der Waals surface area contributed by atoms with E-state index in [0.717, 1.165) is 62.8 Å². The molecular formula is C23H29N3O. The number of para-hydroxylation sites is 1. The Bertz CT molecular complexity index is 810. The summed E-state index contributed by atoms with van der Waals surface area (Å²) in [4.78, 5) is 21.9. The van der Waals surface area contributed by atoms with Crippen LogP contribution in [0, 0.1) is 17.8 Å². The molecule has 0 radical (unpaired) electrons. The van der Waals surface area contributed by atoms with Crippen molar-refractivity contribution in [3.05, 3.63) is 36.5 Å². The van der Waals surface area contributed by atoms with E-state index >= 15 is 0 Å². The summed E-state index contributed by atoms with van der Waals surface area (Å²) >= 11 is 0. The number of likely N-dealkylation sites (tertiary alicyclic amines) is 1. The smallest absolute Gasteiger partial charge is 0.222 e. The number of aromatic nitrogens is 1. The second-order valence-corrected chi connectivity index (χ2v) is 8.73. The summed E-state index contributed by atoms with van der Waals surface area (Å²) in [7, 11) is 0. The molecule has 1 saturated carbocycles. The Labute approximate surface area is 161 Å². The number of carbonyl (C=O) groups is 1. The fraction of sp³-hybridized carbons (Fsp3) is 0.565. The number of hydrogen-bond acceptors (Lipinski definition) is 3. The Balaban J connectivity index is 1.19. The SMILES string of the molecule is O=C(CC1CCN(c2ccnc3ccccc23)CC1)N1CC2CCCC2C1. The Kier molecular flexibility index (Phi) is 4.50. The molecule has 5 rings (SSSR count). The van der Waals surface area contributed by atoms with E-state index in [1.807, 2.05) is 12.3 Å². The van der Waals surface area contributed by atoms with Crippen molar-refractivity contribution in [2.45, 2.75) is 38.5 Å². The molecule has 0 N–H and O–H groups in total. The monoisotopic (exact) mass is 363 g/mol. The van der Waals surface area contributed by atoms with Gasteiger partial charge in [-0.25, -0.2) is 0 Å². The maximum Gasteiger partial charge on any atom is 0.222 e. The van der Waals surface area contributed by atoms with E-state index in [4.69, 9.17) is 0 Å². The lowest BCUT2D eigenvalue weighted by Crippen LogP contribution is -2.37. The van der Waals surface area contributed by atoms with Gasteiger partial charge in [0.2, 0.25) is 5.91 Å². The molecule has 3 aliphatic rings. The quantitative estimate of drug-likeness (QED) is 0.824. The number of anilines is 1. The first-order valence-electron chi connectivity index (χ1n) is 10.6. The van der Waals surface area contributed by atoms with Crippen LogP contribution in [0.1, 0.15) is 38.5 Å². The first-order valence-corrected chi connectivity index (χ1v) is 10.6. The van der Waals surface area contributed by atoms with Gasteiger partial charge in [0.15, 0.2) is 0 Å². The second kappa shape index (κ2) is 7.14. The lowest BCUT2D eigenvalue weighted by Gasteiger charge is -2.34. The van der Waals surface area contributed by atoms with E-state index < -0.39 is 0 Å². The first-order chi connectivity index (χ1) is 13.3. The van der Waals surface area contributed by atoms with Gasteiger partial charge in [-0.1, -0.05) is 24.6 Å². The summed E-state index contributed by atoms with van der Waals surface area (Å²) in [5.41, 5.74) is 2.35. The van der Waals surface area contributed by atoms with Crippen LogP contribution < -0.4 is 4.90 Å². The van der Waals surface area contributed by atoms with Crippen molar-refractivity contribution in [1.82, 2.24) is 9.88 Å². The highest BCUT2D eigenvalue weighted by molar-refractivity contribution is 5.91. The highest BCUT2D eigenvalue weighted by Gasteiger charge is 2.38. The molecule has 0 spiro atoms. The van der Waals surface area contributed by atoms with Gasteiger partial charge in [0.05, 0.1) is 5.52 Å². The standard InChI is InChI=1S/C23H29N3O/c27-23(26-15-18-4-3-5-19(18)16-26)14-17-9-12-25(13-10-17)22-8-11-24-21-7-2-1-6-20(21)22/h1-2,6-8,11,17-19H,3-5,9-10,12-16H2. The van der Waals surface area contributed by atoms with Gasteiger partial charge >= 0.3 is 0 Å². The fourth-order valence-electron chi connectivity index (χ4n) is 5.55. The number of benzene rings is 1. The minimum atomic E-state index is 0.414. The summed E-state index contributed by atoms with van der Waals surface area (Å²) < 4.78 is 0. The van der Waals surface area contributed by atoms with Crippen LogP contribution in [0.2, 0.25) is 0 Å². The Hall–Kier alpha value is -2.10. The van der Waals surface area contributed by atoms with Gasteiger partial charge in [0.25, 0.3) is 0 Å². The number of nitrogens with zero attached hydrogens (tertiary/aromatic N) is 3. The van der Waals surface area contributed by atoms with Crippen molar-refractivity contribution < 1.29 is 4.79 Å². The van der Waals surface area contributed by atoms with Gasteiger partial charge in [-0.3, -0.25) is 9.78 Å². The molecule has 3 fully saturated rings. The molecule has 142 valence electrons. The van der Waals surface area contributed by atoms with Crippen LogP contribution in [-0.2, 0) is 4.79 Å². The number of hydrogen-bond donors (Lipinski definition) is 0. The highest BCUT2D eigenvalue weighted by atomic mass is 16.2. The van der Waals surface area contributed by atoms with Crippen LogP contribution in [-0.4, -0.2) is 42.0 Å². The molecule has 1 aromatic heterocycles. The molecular weight excluding hydrogens is 334 g/mol. The van der Waals surface area contributed by atoms with Gasteiger partial charge < -0.3 is 9.80 Å². The van der Waals surface area contributed by atoms with Gasteiger partial charge in [-0.05, 0) is 55.6 Å². The van der Waals surface area contributed by atoms with Gasteiger partial charge in [0.1, 0.15) is 0 Å². The number of piperidine rings is 1. The first kappa shape index (κ1) is 17.0. The molecule has 2 atom stereocenters. The van der Waals surface area contributed by atoms with Gasteiger partial charge in [-0.2, -0.15) is 0 Å². The lowest BCUT2D eigenvalue weighted by atomic mass is 9.92. The zero-order valence-electron chi connectivity index (χ0n) is 16.0. The molecule has 2 aromatic rings. The van der Waals surface area contributed by atoms with Crippen LogP contribution >= 0.6 is 0 Å². The van der Waals surface area contributed by atoms with Crippen LogP contribution in [0.15, 0.2) is 36.5 Å². The van der Waals surface area contributed by atoms with E-state index in [0.29, 0.717) is 11.8 Å². The predicted molar refractivity (Wildman–Crippen MR) is 109 cm³/mol.